The van der Waals surface area contributed by atoms with Gasteiger partial charge in [0.05, 0.1) is 0 Å². The molecule has 0 rings (SSSR count). The van der Waals surface area contributed by atoms with Gasteiger partial charge in [-0.05, 0) is 26.2 Å². The fourth-order valence-electron chi connectivity index (χ4n) is 1.16. The molecule has 0 bridgehead atoms. The van der Waals surface area contributed by atoms with Crippen molar-refractivity contribution in [3.8, 4) is 0 Å². The van der Waals surface area contributed by atoms with Crippen LogP contribution < -0.4 is 0 Å². The summed E-state index contributed by atoms with van der Waals surface area (Å²) in [6.45, 7) is 4.25. The zero-order valence-corrected chi connectivity index (χ0v) is 10.2. The van der Waals surface area contributed by atoms with Crippen LogP contribution in [0.1, 0.15) is 46.0 Å². The molecule has 0 aliphatic heterocycles. The second kappa shape index (κ2) is 13.0. The SMILES string of the molecule is CC=CC=CC=CCCC=CCCCC. The minimum absolute atomic E-state index is 1.14. The van der Waals surface area contributed by atoms with Crippen LogP contribution in [0.15, 0.2) is 48.6 Å². The van der Waals surface area contributed by atoms with Crippen LogP contribution in [-0.2, 0) is 0 Å². The molecule has 0 aromatic rings. The van der Waals surface area contributed by atoms with Crippen LogP contribution >= 0.6 is 0 Å². The summed E-state index contributed by atoms with van der Waals surface area (Å²) in [5.74, 6) is 0. The van der Waals surface area contributed by atoms with Crippen molar-refractivity contribution in [2.24, 2.45) is 0 Å². The lowest BCUT2D eigenvalue weighted by Crippen LogP contribution is -1.68. The minimum atomic E-state index is 1.14. The van der Waals surface area contributed by atoms with Crippen molar-refractivity contribution in [1.82, 2.24) is 0 Å². The third-order valence-corrected chi connectivity index (χ3v) is 2.05. The van der Waals surface area contributed by atoms with Gasteiger partial charge in [-0.25, -0.2) is 0 Å². The van der Waals surface area contributed by atoms with Crippen molar-refractivity contribution in [3.63, 3.8) is 0 Å². The number of unbranched alkanes of at least 4 members (excludes halogenated alkanes) is 3. The molecule has 0 amide bonds. The highest BCUT2D eigenvalue weighted by atomic mass is 13.8. The van der Waals surface area contributed by atoms with Gasteiger partial charge < -0.3 is 0 Å². The minimum Gasteiger partial charge on any atom is -0.0885 e. The first-order valence-electron chi connectivity index (χ1n) is 6.01. The first-order chi connectivity index (χ1) is 7.41. The van der Waals surface area contributed by atoms with Crippen LogP contribution in [-0.4, -0.2) is 0 Å². The quantitative estimate of drug-likeness (QED) is 0.289. The zero-order chi connectivity index (χ0) is 11.2. The third-order valence-electron chi connectivity index (χ3n) is 2.05. The van der Waals surface area contributed by atoms with Crippen molar-refractivity contribution in [3.05, 3.63) is 48.6 Å². The Bertz CT molecular complexity index is 216. The van der Waals surface area contributed by atoms with Crippen molar-refractivity contribution in [2.45, 2.75) is 46.0 Å². The van der Waals surface area contributed by atoms with Crippen LogP contribution in [0.2, 0.25) is 0 Å². The van der Waals surface area contributed by atoms with E-state index in [0.717, 1.165) is 12.8 Å². The van der Waals surface area contributed by atoms with Gasteiger partial charge in [0.15, 0.2) is 0 Å². The topological polar surface area (TPSA) is 0 Å². The number of allylic oxidation sites excluding steroid dienone is 8. The average molecular weight is 204 g/mol. The van der Waals surface area contributed by atoms with Crippen molar-refractivity contribution in [1.29, 1.82) is 0 Å². The molecule has 0 aliphatic carbocycles. The molecule has 0 radical (unpaired) electrons. The van der Waals surface area contributed by atoms with Crippen LogP contribution in [0.4, 0.5) is 0 Å². The Balaban J connectivity index is 3.33. The summed E-state index contributed by atoms with van der Waals surface area (Å²) in [7, 11) is 0. The molecule has 15 heavy (non-hydrogen) atoms. The Hall–Kier alpha value is -1.04. The van der Waals surface area contributed by atoms with Gasteiger partial charge in [-0.15, -0.1) is 0 Å². The maximum absolute atomic E-state index is 2.30. The van der Waals surface area contributed by atoms with E-state index in [0.29, 0.717) is 0 Å². The number of hydrogen-bond donors (Lipinski definition) is 0. The lowest BCUT2D eigenvalue weighted by molar-refractivity contribution is 0.811. The molecule has 0 unspecified atom stereocenters. The first-order valence-corrected chi connectivity index (χ1v) is 6.01. The van der Waals surface area contributed by atoms with Gasteiger partial charge in [0.2, 0.25) is 0 Å². The first kappa shape index (κ1) is 14.0. The summed E-state index contributed by atoms with van der Waals surface area (Å²) in [4.78, 5) is 0. The van der Waals surface area contributed by atoms with E-state index in [1.54, 1.807) is 0 Å². The summed E-state index contributed by atoms with van der Waals surface area (Å²) < 4.78 is 0. The predicted molar refractivity (Wildman–Crippen MR) is 71.0 cm³/mol. The van der Waals surface area contributed by atoms with E-state index in [1.165, 1.54) is 19.3 Å². The van der Waals surface area contributed by atoms with Gasteiger partial charge in [-0.2, -0.15) is 0 Å². The molecule has 0 spiro atoms. The van der Waals surface area contributed by atoms with Crippen LogP contribution in [0.3, 0.4) is 0 Å². The van der Waals surface area contributed by atoms with Crippen molar-refractivity contribution >= 4 is 0 Å². The fraction of sp³-hybridized carbons (Fsp3) is 0.467. The molecular weight excluding hydrogens is 180 g/mol. The Morgan fingerprint density at radius 3 is 2.13 bits per heavy atom. The molecule has 0 aromatic heterocycles. The van der Waals surface area contributed by atoms with Gasteiger partial charge >= 0.3 is 0 Å². The maximum Gasteiger partial charge on any atom is -0.0313 e. The van der Waals surface area contributed by atoms with E-state index in [9.17, 15) is 0 Å². The second-order valence-corrected chi connectivity index (χ2v) is 3.53. The van der Waals surface area contributed by atoms with Gasteiger partial charge in [0.25, 0.3) is 0 Å². The summed E-state index contributed by atoms with van der Waals surface area (Å²) >= 11 is 0. The highest BCUT2D eigenvalue weighted by molar-refractivity contribution is 5.10. The molecule has 0 saturated heterocycles. The molecule has 0 aromatic carbocycles. The summed E-state index contributed by atoms with van der Waals surface area (Å²) in [6, 6.07) is 0. The van der Waals surface area contributed by atoms with E-state index in [4.69, 9.17) is 0 Å². The molecule has 0 saturated carbocycles. The normalized spacial score (nSPS) is 12.9. The molecule has 0 aliphatic rings. The fourth-order valence-corrected chi connectivity index (χ4v) is 1.16. The highest BCUT2D eigenvalue weighted by Crippen LogP contribution is 1.98. The standard InChI is InChI=1S/C15H24/c1-3-5-7-9-11-13-15-14-12-10-8-6-4-2/h3,5,7,9-13H,4,6,8,14-15H2,1-2H3. The largest absolute Gasteiger partial charge is 0.0885 e. The highest BCUT2D eigenvalue weighted by Gasteiger charge is 1.78. The van der Waals surface area contributed by atoms with Gasteiger partial charge in [-0.3, -0.25) is 0 Å². The van der Waals surface area contributed by atoms with E-state index >= 15 is 0 Å². The monoisotopic (exact) mass is 204 g/mol. The van der Waals surface area contributed by atoms with Gasteiger partial charge in [0.1, 0.15) is 0 Å². The third kappa shape index (κ3) is 13.0. The average Bonchev–Trinajstić information content (AvgIpc) is 2.26. The Kier molecular flexibility index (Phi) is 12.1. The van der Waals surface area contributed by atoms with E-state index in [1.807, 2.05) is 25.2 Å². The van der Waals surface area contributed by atoms with Crippen molar-refractivity contribution < 1.29 is 0 Å². The van der Waals surface area contributed by atoms with Crippen molar-refractivity contribution in [2.75, 3.05) is 0 Å². The Labute approximate surface area is 95.1 Å². The maximum atomic E-state index is 2.30. The molecule has 0 N–H and O–H groups in total. The van der Waals surface area contributed by atoms with E-state index in [2.05, 4.69) is 37.3 Å². The molecule has 0 nitrogen and oxygen atoms in total. The molecule has 0 heterocycles. The molecule has 84 valence electrons. The van der Waals surface area contributed by atoms with Crippen LogP contribution in [0.25, 0.3) is 0 Å². The molecule has 0 atom stereocenters. The number of rotatable bonds is 8. The summed E-state index contributed by atoms with van der Waals surface area (Å²) in [5.41, 5.74) is 0. The molecular formula is C15H24. The lowest BCUT2D eigenvalue weighted by atomic mass is 10.2. The van der Waals surface area contributed by atoms with Gasteiger partial charge in [0, 0.05) is 0 Å². The predicted octanol–water partition coefficient (Wildman–Crippen LogP) is 5.20. The van der Waals surface area contributed by atoms with E-state index in [-0.39, 0.29) is 0 Å². The summed E-state index contributed by atoms with van der Waals surface area (Å²) in [6.07, 6.45) is 23.2. The smallest absolute Gasteiger partial charge is 0.0313 e. The number of hydrogen-bond acceptors (Lipinski definition) is 0. The van der Waals surface area contributed by atoms with Gasteiger partial charge in [-0.1, -0.05) is 68.4 Å². The second-order valence-electron chi connectivity index (χ2n) is 3.53. The molecule has 0 fully saturated rings. The zero-order valence-electron chi connectivity index (χ0n) is 10.2. The Morgan fingerprint density at radius 2 is 1.40 bits per heavy atom. The van der Waals surface area contributed by atoms with Crippen LogP contribution in [0.5, 0.6) is 0 Å². The molecule has 0 heteroatoms. The summed E-state index contributed by atoms with van der Waals surface area (Å²) in [5, 5.41) is 0. The Morgan fingerprint density at radius 1 is 0.733 bits per heavy atom. The van der Waals surface area contributed by atoms with E-state index < -0.39 is 0 Å². The lowest BCUT2D eigenvalue weighted by Gasteiger charge is -1.88. The van der Waals surface area contributed by atoms with Crippen LogP contribution in [0, 0.1) is 0 Å².